The number of fused-ring (bicyclic) bond motifs is 2. The molecule has 0 bridgehead atoms. The fourth-order valence-corrected chi connectivity index (χ4v) is 3.95. The zero-order valence-corrected chi connectivity index (χ0v) is 16.1. The second-order valence-electron chi connectivity index (χ2n) is 6.38. The highest BCUT2D eigenvalue weighted by molar-refractivity contribution is 7.22. The number of H-pyrrole nitrogens is 1. The van der Waals surface area contributed by atoms with E-state index < -0.39 is 0 Å². The van der Waals surface area contributed by atoms with E-state index >= 15 is 0 Å². The molecule has 0 aliphatic carbocycles. The average molecular weight is 403 g/mol. The van der Waals surface area contributed by atoms with E-state index in [9.17, 15) is 4.79 Å². The molecule has 0 amide bonds. The van der Waals surface area contributed by atoms with Crippen LogP contribution in [0, 0.1) is 0 Å². The Bertz CT molecular complexity index is 1310. The number of rotatable bonds is 6. The molecule has 9 heteroatoms. The predicted molar refractivity (Wildman–Crippen MR) is 116 cm³/mol. The largest absolute Gasteiger partial charge is 0.360 e. The zero-order chi connectivity index (χ0) is 19.6. The molecule has 29 heavy (non-hydrogen) atoms. The van der Waals surface area contributed by atoms with Gasteiger partial charge in [0, 0.05) is 13.1 Å². The van der Waals surface area contributed by atoms with Gasteiger partial charge in [0.25, 0.3) is 5.56 Å². The smallest absolute Gasteiger partial charge is 0.263 e. The van der Waals surface area contributed by atoms with Gasteiger partial charge in [0.1, 0.15) is 5.39 Å². The lowest BCUT2D eigenvalue weighted by molar-refractivity contribution is 0.893. The second-order valence-corrected chi connectivity index (χ2v) is 7.41. The van der Waals surface area contributed by atoms with Crippen molar-refractivity contribution in [1.82, 2.24) is 24.7 Å². The van der Waals surface area contributed by atoms with E-state index in [1.807, 2.05) is 48.5 Å². The lowest BCUT2D eigenvalue weighted by Gasteiger charge is -2.07. The number of benzene rings is 2. The molecule has 0 spiro atoms. The Balaban J connectivity index is 1.31. The van der Waals surface area contributed by atoms with Crippen molar-refractivity contribution in [3.63, 3.8) is 0 Å². The molecule has 0 fully saturated rings. The summed E-state index contributed by atoms with van der Waals surface area (Å²) in [5.41, 5.74) is 2.13. The van der Waals surface area contributed by atoms with Gasteiger partial charge in [-0.2, -0.15) is 10.1 Å². The first-order valence-corrected chi connectivity index (χ1v) is 9.96. The van der Waals surface area contributed by atoms with E-state index in [1.165, 1.54) is 6.20 Å². The van der Waals surface area contributed by atoms with E-state index in [2.05, 4.69) is 36.8 Å². The molecule has 2 aromatic carbocycles. The van der Waals surface area contributed by atoms with Gasteiger partial charge in [-0.15, -0.1) is 0 Å². The van der Waals surface area contributed by atoms with Gasteiger partial charge in [0.05, 0.1) is 22.1 Å². The van der Waals surface area contributed by atoms with Crippen molar-refractivity contribution >= 4 is 43.7 Å². The molecular formula is C20H17N7OS. The molecule has 0 saturated carbocycles. The molecule has 0 aliphatic heterocycles. The molecular weight excluding hydrogens is 386 g/mol. The van der Waals surface area contributed by atoms with Gasteiger partial charge in [-0.3, -0.25) is 9.78 Å². The first-order chi connectivity index (χ1) is 14.3. The number of thiazole rings is 1. The van der Waals surface area contributed by atoms with Crippen molar-refractivity contribution in [1.29, 1.82) is 0 Å². The molecule has 3 heterocycles. The van der Waals surface area contributed by atoms with Crippen molar-refractivity contribution in [2.75, 3.05) is 23.7 Å². The summed E-state index contributed by atoms with van der Waals surface area (Å²) in [4.78, 5) is 24.2. The highest BCUT2D eigenvalue weighted by atomic mass is 32.1. The highest BCUT2D eigenvalue weighted by Crippen LogP contribution is 2.25. The Morgan fingerprint density at radius 1 is 0.966 bits per heavy atom. The Morgan fingerprint density at radius 3 is 2.62 bits per heavy atom. The topological polar surface area (TPSA) is 101 Å². The van der Waals surface area contributed by atoms with Crippen LogP contribution in [0.25, 0.3) is 26.9 Å². The minimum absolute atomic E-state index is 0.223. The minimum Gasteiger partial charge on any atom is -0.360 e. The van der Waals surface area contributed by atoms with Gasteiger partial charge in [0.15, 0.2) is 10.8 Å². The average Bonchev–Trinajstić information content (AvgIpc) is 3.36. The van der Waals surface area contributed by atoms with Gasteiger partial charge >= 0.3 is 0 Å². The Kier molecular flexibility index (Phi) is 4.41. The van der Waals surface area contributed by atoms with Crippen molar-refractivity contribution in [2.24, 2.45) is 0 Å². The number of nitrogens with zero attached hydrogens (tertiary/aromatic N) is 4. The molecule has 0 unspecified atom stereocenters. The number of nitrogens with one attached hydrogen (secondary N) is 3. The summed E-state index contributed by atoms with van der Waals surface area (Å²) < 4.78 is 2.81. The summed E-state index contributed by atoms with van der Waals surface area (Å²) in [7, 11) is 0. The van der Waals surface area contributed by atoms with Crippen molar-refractivity contribution < 1.29 is 0 Å². The molecule has 0 atom stereocenters. The second kappa shape index (κ2) is 7.36. The summed E-state index contributed by atoms with van der Waals surface area (Å²) in [5.74, 6) is 0.409. The van der Waals surface area contributed by atoms with Crippen LogP contribution in [0.3, 0.4) is 0 Å². The monoisotopic (exact) mass is 403 g/mol. The van der Waals surface area contributed by atoms with E-state index in [-0.39, 0.29) is 5.56 Å². The molecule has 3 aromatic heterocycles. The quantitative estimate of drug-likeness (QED) is 0.376. The van der Waals surface area contributed by atoms with Gasteiger partial charge in [0.2, 0.25) is 5.95 Å². The number of hydrogen-bond donors (Lipinski definition) is 3. The minimum atomic E-state index is -0.223. The van der Waals surface area contributed by atoms with Crippen LogP contribution in [0.15, 0.2) is 65.6 Å². The third-order valence-corrected chi connectivity index (χ3v) is 5.42. The Labute approximate surface area is 169 Å². The van der Waals surface area contributed by atoms with Crippen molar-refractivity contribution in [3.05, 3.63) is 71.1 Å². The van der Waals surface area contributed by atoms with Crippen LogP contribution in [0.1, 0.15) is 0 Å². The van der Waals surface area contributed by atoms with Gasteiger partial charge in [-0.1, -0.05) is 41.7 Å². The van der Waals surface area contributed by atoms with Gasteiger partial charge < -0.3 is 10.6 Å². The van der Waals surface area contributed by atoms with Crippen LogP contribution in [-0.2, 0) is 0 Å². The molecule has 0 saturated heterocycles. The van der Waals surface area contributed by atoms with E-state index in [1.54, 1.807) is 16.0 Å². The lowest BCUT2D eigenvalue weighted by atomic mass is 10.3. The maximum absolute atomic E-state index is 12.4. The van der Waals surface area contributed by atoms with Crippen LogP contribution in [-0.4, -0.2) is 37.8 Å². The van der Waals surface area contributed by atoms with Gasteiger partial charge in [-0.25, -0.2) is 9.67 Å². The number of para-hydroxylation sites is 2. The van der Waals surface area contributed by atoms with Gasteiger partial charge in [-0.05, 0) is 24.3 Å². The first-order valence-electron chi connectivity index (χ1n) is 9.15. The molecule has 0 radical (unpaired) electrons. The van der Waals surface area contributed by atoms with Crippen LogP contribution < -0.4 is 16.2 Å². The van der Waals surface area contributed by atoms with Crippen LogP contribution in [0.2, 0.25) is 0 Å². The summed E-state index contributed by atoms with van der Waals surface area (Å²) in [6, 6.07) is 17.6. The fourth-order valence-electron chi connectivity index (χ4n) is 3.06. The normalized spacial score (nSPS) is 11.2. The standard InChI is InChI=1S/C20H17N7OS/c28-18-14-12-23-27(13-6-2-1-3-7-13)17(14)25-19(26-18)21-10-11-22-20-24-15-8-4-5-9-16(15)29-20/h1-9,12H,10-11H2,(H,22,24)(H2,21,25,26,28). The molecule has 8 nitrogen and oxygen atoms in total. The van der Waals surface area contributed by atoms with E-state index in [4.69, 9.17) is 0 Å². The summed E-state index contributed by atoms with van der Waals surface area (Å²) in [5, 5.41) is 12.1. The van der Waals surface area contributed by atoms with Crippen LogP contribution in [0.4, 0.5) is 11.1 Å². The molecule has 144 valence electrons. The zero-order valence-electron chi connectivity index (χ0n) is 15.3. The first kappa shape index (κ1) is 17.4. The van der Waals surface area contributed by atoms with Crippen molar-refractivity contribution in [3.8, 4) is 5.69 Å². The predicted octanol–water partition coefficient (Wildman–Crippen LogP) is 3.24. The van der Waals surface area contributed by atoms with Crippen LogP contribution in [0.5, 0.6) is 0 Å². The molecule has 5 rings (SSSR count). The third-order valence-electron chi connectivity index (χ3n) is 4.43. The summed E-state index contributed by atoms with van der Waals surface area (Å²) in [6.07, 6.45) is 1.53. The Hall–Kier alpha value is -3.72. The number of hydrogen-bond acceptors (Lipinski definition) is 7. The number of anilines is 2. The van der Waals surface area contributed by atoms with E-state index in [0.717, 1.165) is 21.0 Å². The molecule has 0 aliphatic rings. The molecule has 3 N–H and O–H groups in total. The van der Waals surface area contributed by atoms with Crippen molar-refractivity contribution in [2.45, 2.75) is 0 Å². The lowest BCUT2D eigenvalue weighted by Crippen LogP contribution is -2.18. The SMILES string of the molecule is O=c1[nH]c(NCCNc2nc3ccccc3s2)nc2c1cnn2-c1ccccc1. The fraction of sp³-hybridized carbons (Fsp3) is 0.100. The third kappa shape index (κ3) is 3.43. The summed E-state index contributed by atoms with van der Waals surface area (Å²) >= 11 is 1.61. The maximum atomic E-state index is 12.4. The summed E-state index contributed by atoms with van der Waals surface area (Å²) in [6.45, 7) is 1.21. The highest BCUT2D eigenvalue weighted by Gasteiger charge is 2.11. The Morgan fingerprint density at radius 2 is 1.76 bits per heavy atom. The van der Waals surface area contributed by atoms with Crippen LogP contribution >= 0.6 is 11.3 Å². The maximum Gasteiger partial charge on any atom is 0.263 e. The number of aromatic nitrogens is 5. The number of aromatic amines is 1. The molecule has 5 aromatic rings. The van der Waals surface area contributed by atoms with E-state index in [0.29, 0.717) is 30.1 Å².